The van der Waals surface area contributed by atoms with Gasteiger partial charge in [-0.2, -0.15) is 0 Å². The number of aryl methyl sites for hydroxylation is 2. The molecule has 0 saturated carbocycles. The van der Waals surface area contributed by atoms with E-state index in [1.807, 2.05) is 31.3 Å². The van der Waals surface area contributed by atoms with Crippen LogP contribution in [-0.4, -0.2) is 9.55 Å². The van der Waals surface area contributed by atoms with Gasteiger partial charge in [0.15, 0.2) is 0 Å². The molecule has 84 valence electrons. The first-order valence-corrected chi connectivity index (χ1v) is 5.52. The molecule has 2 heterocycles. The Morgan fingerprint density at radius 1 is 1.18 bits per heavy atom. The van der Waals surface area contributed by atoms with Crippen LogP contribution in [0.5, 0.6) is 0 Å². The largest absolute Gasteiger partial charge is 0.311 e. The van der Waals surface area contributed by atoms with E-state index in [2.05, 4.69) is 11.1 Å². The van der Waals surface area contributed by atoms with Crippen LogP contribution in [-0.2, 0) is 7.05 Å². The topological polar surface area (TPSA) is 34.9 Å². The summed E-state index contributed by atoms with van der Waals surface area (Å²) in [4.78, 5) is 16.1. The van der Waals surface area contributed by atoms with Crippen molar-refractivity contribution < 1.29 is 0 Å². The first kappa shape index (κ1) is 10.0. The summed E-state index contributed by atoms with van der Waals surface area (Å²) in [5.41, 5.74) is 3.05. The van der Waals surface area contributed by atoms with Gasteiger partial charge in [0.1, 0.15) is 0 Å². The molecule has 1 aromatic carbocycles. The van der Waals surface area contributed by atoms with Crippen LogP contribution in [0.4, 0.5) is 0 Å². The zero-order chi connectivity index (χ0) is 12.0. The molecule has 17 heavy (non-hydrogen) atoms. The summed E-state index contributed by atoms with van der Waals surface area (Å²) in [6, 6.07) is 9.49. The molecule has 3 rings (SSSR count). The Labute approximate surface area is 98.3 Å². The summed E-state index contributed by atoms with van der Waals surface area (Å²) < 4.78 is 1.68. The maximum Gasteiger partial charge on any atom is 0.250 e. The molecule has 2 aromatic heterocycles. The number of hydrogen-bond acceptors (Lipinski definition) is 2. The van der Waals surface area contributed by atoms with Gasteiger partial charge in [-0.05, 0) is 25.1 Å². The Kier molecular flexibility index (Phi) is 2.01. The van der Waals surface area contributed by atoms with E-state index in [-0.39, 0.29) is 5.56 Å². The number of nitrogens with zero attached hydrogens (tertiary/aromatic N) is 2. The van der Waals surface area contributed by atoms with Crippen molar-refractivity contribution in [3.05, 3.63) is 52.4 Å². The number of fused-ring (bicyclic) bond motifs is 3. The van der Waals surface area contributed by atoms with E-state index in [0.717, 1.165) is 21.8 Å². The second-order valence-corrected chi connectivity index (χ2v) is 4.31. The second-order valence-electron chi connectivity index (χ2n) is 4.31. The zero-order valence-electron chi connectivity index (χ0n) is 9.77. The zero-order valence-corrected chi connectivity index (χ0v) is 9.77. The van der Waals surface area contributed by atoms with Crippen LogP contribution >= 0.6 is 0 Å². The monoisotopic (exact) mass is 224 g/mol. The van der Waals surface area contributed by atoms with Gasteiger partial charge in [-0.25, -0.2) is 0 Å². The smallest absolute Gasteiger partial charge is 0.250 e. The highest BCUT2D eigenvalue weighted by atomic mass is 16.1. The summed E-state index contributed by atoms with van der Waals surface area (Å²) in [7, 11) is 1.80. The molecule has 0 spiro atoms. The highest BCUT2D eigenvalue weighted by molar-refractivity contribution is 6.03. The molecular formula is C14H12N2O. The lowest BCUT2D eigenvalue weighted by Gasteiger charge is -2.08. The summed E-state index contributed by atoms with van der Waals surface area (Å²) in [6.45, 7) is 2.04. The molecule has 0 saturated heterocycles. The van der Waals surface area contributed by atoms with E-state index < -0.39 is 0 Å². The van der Waals surface area contributed by atoms with Crippen molar-refractivity contribution in [2.24, 2.45) is 7.05 Å². The third-order valence-corrected chi connectivity index (χ3v) is 3.09. The first-order chi connectivity index (χ1) is 8.16. The van der Waals surface area contributed by atoms with E-state index in [0.29, 0.717) is 0 Å². The van der Waals surface area contributed by atoms with E-state index in [4.69, 9.17) is 0 Å². The Morgan fingerprint density at radius 3 is 2.82 bits per heavy atom. The van der Waals surface area contributed by atoms with Gasteiger partial charge in [0.25, 0.3) is 5.56 Å². The average molecular weight is 224 g/mol. The summed E-state index contributed by atoms with van der Waals surface area (Å²) in [6.07, 6.45) is 1.81. The molecule has 0 unspecified atom stereocenters. The molecule has 3 heteroatoms. The Morgan fingerprint density at radius 2 is 2.00 bits per heavy atom. The number of aromatic nitrogens is 2. The van der Waals surface area contributed by atoms with Crippen molar-refractivity contribution in [1.82, 2.24) is 9.55 Å². The Bertz CT molecular complexity index is 787. The van der Waals surface area contributed by atoms with Crippen LogP contribution in [0.3, 0.4) is 0 Å². The van der Waals surface area contributed by atoms with Crippen molar-refractivity contribution in [2.75, 3.05) is 0 Å². The molecule has 3 nitrogen and oxygen atoms in total. The van der Waals surface area contributed by atoms with Gasteiger partial charge in [-0.15, -0.1) is 0 Å². The van der Waals surface area contributed by atoms with E-state index in [1.165, 1.54) is 5.56 Å². The molecule has 3 aromatic rings. The molecule has 0 aliphatic rings. The quantitative estimate of drug-likeness (QED) is 0.549. The van der Waals surface area contributed by atoms with Gasteiger partial charge in [-0.3, -0.25) is 9.78 Å². The van der Waals surface area contributed by atoms with Crippen LogP contribution < -0.4 is 5.56 Å². The fourth-order valence-corrected chi connectivity index (χ4v) is 2.19. The fraction of sp³-hybridized carbons (Fsp3) is 0.143. The van der Waals surface area contributed by atoms with Crippen molar-refractivity contribution in [1.29, 1.82) is 0 Å². The fourth-order valence-electron chi connectivity index (χ4n) is 2.19. The lowest BCUT2D eigenvalue weighted by molar-refractivity contribution is 0.909. The Balaban J connectivity index is 2.66. The highest BCUT2D eigenvalue weighted by Gasteiger charge is 2.05. The molecule has 0 amide bonds. The van der Waals surface area contributed by atoms with Crippen LogP contribution in [0.1, 0.15) is 5.56 Å². The number of hydrogen-bond donors (Lipinski definition) is 0. The Hall–Kier alpha value is -2.16. The van der Waals surface area contributed by atoms with Crippen LogP contribution in [0, 0.1) is 6.92 Å². The van der Waals surface area contributed by atoms with Crippen molar-refractivity contribution in [3.8, 4) is 0 Å². The van der Waals surface area contributed by atoms with Crippen LogP contribution in [0.2, 0.25) is 0 Å². The van der Waals surface area contributed by atoms with E-state index >= 15 is 0 Å². The van der Waals surface area contributed by atoms with Gasteiger partial charge in [-0.1, -0.05) is 11.6 Å². The van der Waals surface area contributed by atoms with Crippen molar-refractivity contribution in [2.45, 2.75) is 6.92 Å². The third kappa shape index (κ3) is 1.43. The van der Waals surface area contributed by atoms with Gasteiger partial charge in [0.2, 0.25) is 0 Å². The summed E-state index contributed by atoms with van der Waals surface area (Å²) in [5, 5.41) is 2.02. The lowest BCUT2D eigenvalue weighted by Crippen LogP contribution is -2.15. The van der Waals surface area contributed by atoms with Gasteiger partial charge in [0.05, 0.1) is 11.0 Å². The lowest BCUT2D eigenvalue weighted by atomic mass is 10.1. The maximum atomic E-state index is 11.7. The van der Waals surface area contributed by atoms with Crippen LogP contribution in [0.25, 0.3) is 21.8 Å². The summed E-state index contributed by atoms with van der Waals surface area (Å²) >= 11 is 0. The molecule has 0 N–H and O–H groups in total. The standard InChI is InChI=1S/C14H12N2O/c1-9-3-5-12-11(7-9)14-10(8-15-12)4-6-13(17)16(14)2/h3-8H,1-2H3. The third-order valence-electron chi connectivity index (χ3n) is 3.09. The predicted octanol–water partition coefficient (Wildman–Crippen LogP) is 2.40. The minimum atomic E-state index is 0.00602. The molecule has 0 aliphatic heterocycles. The first-order valence-electron chi connectivity index (χ1n) is 5.52. The molecule has 0 atom stereocenters. The minimum absolute atomic E-state index is 0.00602. The molecular weight excluding hydrogens is 212 g/mol. The predicted molar refractivity (Wildman–Crippen MR) is 69.2 cm³/mol. The van der Waals surface area contributed by atoms with Gasteiger partial charge in [0, 0.05) is 30.1 Å². The highest BCUT2D eigenvalue weighted by Crippen LogP contribution is 2.22. The average Bonchev–Trinajstić information content (AvgIpc) is 2.33. The van der Waals surface area contributed by atoms with E-state index in [1.54, 1.807) is 17.7 Å². The number of pyridine rings is 2. The van der Waals surface area contributed by atoms with Gasteiger partial charge >= 0.3 is 0 Å². The molecule has 0 aliphatic carbocycles. The summed E-state index contributed by atoms with van der Waals surface area (Å²) in [5.74, 6) is 0. The van der Waals surface area contributed by atoms with E-state index in [9.17, 15) is 4.79 Å². The molecule has 0 radical (unpaired) electrons. The van der Waals surface area contributed by atoms with Crippen molar-refractivity contribution in [3.63, 3.8) is 0 Å². The number of rotatable bonds is 0. The second kappa shape index (κ2) is 3.42. The molecule has 0 bridgehead atoms. The SMILES string of the molecule is Cc1ccc2ncc3ccc(=O)n(C)c3c2c1. The van der Waals surface area contributed by atoms with Gasteiger partial charge < -0.3 is 4.57 Å². The minimum Gasteiger partial charge on any atom is -0.311 e. The normalized spacial score (nSPS) is 11.2. The van der Waals surface area contributed by atoms with Crippen LogP contribution in [0.15, 0.2) is 41.3 Å². The number of benzene rings is 1. The maximum absolute atomic E-state index is 11.7. The van der Waals surface area contributed by atoms with Crippen molar-refractivity contribution >= 4 is 21.8 Å². The molecule has 0 fully saturated rings.